The first kappa shape index (κ1) is 14.5. The molecule has 1 aliphatic carbocycles. The summed E-state index contributed by atoms with van der Waals surface area (Å²) >= 11 is 5.28. The van der Waals surface area contributed by atoms with E-state index in [1.807, 2.05) is 0 Å². The average molecular weight is 331 g/mol. The van der Waals surface area contributed by atoms with Crippen molar-refractivity contribution in [1.29, 1.82) is 0 Å². The van der Waals surface area contributed by atoms with E-state index in [9.17, 15) is 0 Å². The second-order valence-electron chi connectivity index (χ2n) is 5.35. The van der Waals surface area contributed by atoms with Gasteiger partial charge in [0.1, 0.15) is 0 Å². The number of hydrogen-bond acceptors (Lipinski definition) is 3. The predicted molar refractivity (Wildman–Crippen MR) is 83.2 cm³/mol. The van der Waals surface area contributed by atoms with Crippen molar-refractivity contribution < 1.29 is 0 Å². The Morgan fingerprint density at radius 2 is 2.22 bits per heavy atom. The molecule has 1 N–H and O–H groups in total. The number of nitrogens with one attached hydrogen (secondary N) is 1. The van der Waals surface area contributed by atoms with Crippen LogP contribution < -0.4 is 5.32 Å². The molecule has 1 aliphatic rings. The van der Waals surface area contributed by atoms with Gasteiger partial charge in [-0.05, 0) is 65.3 Å². The molecule has 18 heavy (non-hydrogen) atoms. The van der Waals surface area contributed by atoms with Gasteiger partial charge in [0.05, 0.1) is 3.79 Å². The van der Waals surface area contributed by atoms with Crippen LogP contribution in [0.5, 0.6) is 0 Å². The van der Waals surface area contributed by atoms with E-state index in [2.05, 4.69) is 44.6 Å². The fourth-order valence-electron chi connectivity index (χ4n) is 2.61. The molecule has 0 saturated heterocycles. The lowest BCUT2D eigenvalue weighted by molar-refractivity contribution is 0.320. The second kappa shape index (κ2) is 7.63. The molecule has 1 fully saturated rings. The van der Waals surface area contributed by atoms with Gasteiger partial charge in [-0.25, -0.2) is 0 Å². The van der Waals surface area contributed by atoms with E-state index in [4.69, 9.17) is 0 Å². The van der Waals surface area contributed by atoms with Gasteiger partial charge in [-0.1, -0.05) is 12.8 Å². The molecule has 1 aromatic heterocycles. The highest BCUT2D eigenvalue weighted by Crippen LogP contribution is 2.23. The quantitative estimate of drug-likeness (QED) is 0.766. The van der Waals surface area contributed by atoms with Crippen molar-refractivity contribution in [2.24, 2.45) is 5.92 Å². The smallest absolute Gasteiger partial charge is 0.0701 e. The fourth-order valence-corrected chi connectivity index (χ4v) is 3.81. The molecular weight excluding hydrogens is 308 g/mol. The SMILES string of the molecule is CN(CCNCC1CCCC1)Cc1csc(Br)c1. The molecule has 1 heterocycles. The van der Waals surface area contributed by atoms with Crippen LogP contribution in [0.3, 0.4) is 0 Å². The average Bonchev–Trinajstić information content (AvgIpc) is 2.96. The zero-order chi connectivity index (χ0) is 12.8. The van der Waals surface area contributed by atoms with Gasteiger partial charge in [0.15, 0.2) is 0 Å². The molecule has 1 saturated carbocycles. The van der Waals surface area contributed by atoms with E-state index in [0.29, 0.717) is 0 Å². The molecule has 0 unspecified atom stereocenters. The lowest BCUT2D eigenvalue weighted by Crippen LogP contribution is -2.31. The molecule has 0 spiro atoms. The normalized spacial score (nSPS) is 16.8. The first-order chi connectivity index (χ1) is 8.74. The molecular formula is C14H23BrN2S. The third-order valence-electron chi connectivity index (χ3n) is 3.65. The number of likely N-dealkylation sites (N-methyl/N-ethyl adjacent to an activating group) is 1. The van der Waals surface area contributed by atoms with Crippen LogP contribution in [0.2, 0.25) is 0 Å². The van der Waals surface area contributed by atoms with Gasteiger partial charge in [0, 0.05) is 19.6 Å². The van der Waals surface area contributed by atoms with Gasteiger partial charge in [-0.3, -0.25) is 0 Å². The molecule has 1 aromatic rings. The monoisotopic (exact) mass is 330 g/mol. The van der Waals surface area contributed by atoms with Crippen LogP contribution in [0.4, 0.5) is 0 Å². The van der Waals surface area contributed by atoms with Crippen LogP contribution in [-0.2, 0) is 6.54 Å². The molecule has 2 rings (SSSR count). The van der Waals surface area contributed by atoms with E-state index < -0.39 is 0 Å². The summed E-state index contributed by atoms with van der Waals surface area (Å²) < 4.78 is 1.23. The maximum absolute atomic E-state index is 3.60. The summed E-state index contributed by atoms with van der Waals surface area (Å²) in [7, 11) is 2.20. The van der Waals surface area contributed by atoms with E-state index in [1.165, 1.54) is 41.6 Å². The summed E-state index contributed by atoms with van der Waals surface area (Å²) in [5.74, 6) is 0.947. The summed E-state index contributed by atoms with van der Waals surface area (Å²) in [5, 5.41) is 5.83. The van der Waals surface area contributed by atoms with E-state index in [-0.39, 0.29) is 0 Å². The second-order valence-corrected chi connectivity index (χ2v) is 7.64. The van der Waals surface area contributed by atoms with Crippen LogP contribution in [0.1, 0.15) is 31.2 Å². The molecule has 0 atom stereocenters. The maximum atomic E-state index is 3.60. The fraction of sp³-hybridized carbons (Fsp3) is 0.714. The zero-order valence-electron chi connectivity index (χ0n) is 11.1. The van der Waals surface area contributed by atoms with Crippen molar-refractivity contribution in [3.05, 3.63) is 20.8 Å². The topological polar surface area (TPSA) is 15.3 Å². The number of halogens is 1. The Balaban J connectivity index is 1.55. The Kier molecular flexibility index (Phi) is 6.15. The first-order valence-electron chi connectivity index (χ1n) is 6.86. The third-order valence-corrected chi connectivity index (χ3v) is 5.21. The van der Waals surface area contributed by atoms with Crippen molar-refractivity contribution in [3.8, 4) is 0 Å². The summed E-state index contributed by atoms with van der Waals surface area (Å²) in [5.41, 5.74) is 1.41. The number of nitrogens with zero attached hydrogens (tertiary/aromatic N) is 1. The minimum atomic E-state index is 0.947. The van der Waals surface area contributed by atoms with Crippen molar-refractivity contribution in [2.45, 2.75) is 32.2 Å². The van der Waals surface area contributed by atoms with Gasteiger partial charge in [0.25, 0.3) is 0 Å². The van der Waals surface area contributed by atoms with Crippen LogP contribution in [0.25, 0.3) is 0 Å². The Morgan fingerprint density at radius 3 is 2.89 bits per heavy atom. The minimum absolute atomic E-state index is 0.947. The highest BCUT2D eigenvalue weighted by molar-refractivity contribution is 9.11. The lowest BCUT2D eigenvalue weighted by Gasteiger charge is -2.17. The molecule has 0 amide bonds. The van der Waals surface area contributed by atoms with Crippen LogP contribution in [0.15, 0.2) is 15.2 Å². The van der Waals surface area contributed by atoms with E-state index in [0.717, 1.165) is 25.6 Å². The number of hydrogen-bond donors (Lipinski definition) is 1. The Hall–Kier alpha value is 0.100. The van der Waals surface area contributed by atoms with Crippen molar-refractivity contribution in [2.75, 3.05) is 26.7 Å². The third kappa shape index (κ3) is 5.00. The van der Waals surface area contributed by atoms with Crippen LogP contribution in [0, 0.1) is 5.92 Å². The van der Waals surface area contributed by atoms with Gasteiger partial charge in [-0.2, -0.15) is 0 Å². The zero-order valence-corrected chi connectivity index (χ0v) is 13.5. The molecule has 0 radical (unpaired) electrons. The van der Waals surface area contributed by atoms with Crippen molar-refractivity contribution in [3.63, 3.8) is 0 Å². The Bertz CT molecular complexity index is 347. The number of thiophene rings is 1. The minimum Gasteiger partial charge on any atom is -0.315 e. The highest BCUT2D eigenvalue weighted by Gasteiger charge is 2.13. The largest absolute Gasteiger partial charge is 0.315 e. The summed E-state index contributed by atoms with van der Waals surface area (Å²) in [6.07, 6.45) is 5.76. The van der Waals surface area contributed by atoms with Crippen molar-refractivity contribution in [1.82, 2.24) is 10.2 Å². The van der Waals surface area contributed by atoms with E-state index >= 15 is 0 Å². The molecule has 2 nitrogen and oxygen atoms in total. The van der Waals surface area contributed by atoms with Gasteiger partial charge in [0.2, 0.25) is 0 Å². The van der Waals surface area contributed by atoms with Gasteiger partial charge < -0.3 is 10.2 Å². The Morgan fingerprint density at radius 1 is 1.44 bits per heavy atom. The van der Waals surface area contributed by atoms with Crippen LogP contribution in [-0.4, -0.2) is 31.6 Å². The van der Waals surface area contributed by atoms with Crippen molar-refractivity contribution >= 4 is 27.3 Å². The molecule has 0 bridgehead atoms. The first-order valence-corrected chi connectivity index (χ1v) is 8.53. The molecule has 0 aromatic carbocycles. The summed E-state index contributed by atoms with van der Waals surface area (Å²) in [6, 6.07) is 2.22. The lowest BCUT2D eigenvalue weighted by atomic mass is 10.1. The van der Waals surface area contributed by atoms with Gasteiger partial charge >= 0.3 is 0 Å². The summed E-state index contributed by atoms with van der Waals surface area (Å²) in [4.78, 5) is 2.39. The maximum Gasteiger partial charge on any atom is 0.0701 e. The summed E-state index contributed by atoms with van der Waals surface area (Å²) in [6.45, 7) is 4.50. The Labute approximate surface area is 123 Å². The highest BCUT2D eigenvalue weighted by atomic mass is 79.9. The number of rotatable bonds is 7. The standard InChI is InChI=1S/C14H23BrN2S/c1-17(10-13-8-14(15)18-11-13)7-6-16-9-12-4-2-3-5-12/h8,11-12,16H,2-7,9-10H2,1H3. The molecule has 0 aliphatic heterocycles. The predicted octanol–water partition coefficient (Wildman–Crippen LogP) is 3.72. The van der Waals surface area contributed by atoms with E-state index in [1.54, 1.807) is 11.3 Å². The molecule has 4 heteroatoms. The molecule has 102 valence electrons. The van der Waals surface area contributed by atoms with Gasteiger partial charge in [-0.15, -0.1) is 11.3 Å². The van der Waals surface area contributed by atoms with Crippen LogP contribution >= 0.6 is 27.3 Å².